The Kier molecular flexibility index (Phi) is 2.96. The zero-order chi connectivity index (χ0) is 10.7. The zero-order valence-electron chi connectivity index (χ0n) is 7.71. The molecule has 0 aliphatic carbocycles. The zero-order valence-corrected chi connectivity index (χ0v) is 7.71. The summed E-state index contributed by atoms with van der Waals surface area (Å²) in [5.74, 6) is -1.82. The van der Waals surface area contributed by atoms with Crippen molar-refractivity contribution in [2.24, 2.45) is 5.92 Å². The van der Waals surface area contributed by atoms with E-state index in [-0.39, 0.29) is 0 Å². The van der Waals surface area contributed by atoms with Gasteiger partial charge in [0.15, 0.2) is 0 Å². The van der Waals surface area contributed by atoms with Crippen molar-refractivity contribution in [3.05, 3.63) is 35.8 Å². The summed E-state index contributed by atoms with van der Waals surface area (Å²) in [6, 6.07) is 0. The summed E-state index contributed by atoms with van der Waals surface area (Å²) in [6.07, 6.45) is 3.03. The van der Waals surface area contributed by atoms with Gasteiger partial charge >= 0.3 is 0 Å². The van der Waals surface area contributed by atoms with E-state index >= 15 is 0 Å². The predicted octanol–water partition coefficient (Wildman–Crippen LogP) is 1.24. The molecule has 1 N–H and O–H groups in total. The van der Waals surface area contributed by atoms with Crippen LogP contribution in [0.1, 0.15) is 6.92 Å². The molecule has 0 saturated carbocycles. The van der Waals surface area contributed by atoms with Crippen molar-refractivity contribution in [3.8, 4) is 0 Å². The first-order valence-electron chi connectivity index (χ1n) is 4.06. The molecular formula is C10H10FNO2. The van der Waals surface area contributed by atoms with Gasteiger partial charge in [-0.15, -0.1) is 0 Å². The molecule has 1 heterocycles. The van der Waals surface area contributed by atoms with Crippen LogP contribution >= 0.6 is 0 Å². The third kappa shape index (κ3) is 1.79. The molecule has 3 nitrogen and oxygen atoms in total. The lowest BCUT2D eigenvalue weighted by molar-refractivity contribution is -0.125. The van der Waals surface area contributed by atoms with Gasteiger partial charge in [-0.2, -0.15) is 0 Å². The van der Waals surface area contributed by atoms with Crippen LogP contribution in [0.3, 0.4) is 0 Å². The molecule has 14 heavy (non-hydrogen) atoms. The van der Waals surface area contributed by atoms with Crippen LogP contribution in [0.25, 0.3) is 0 Å². The molecule has 0 bridgehead atoms. The Hall–Kier alpha value is -1.71. The average Bonchev–Trinajstić information content (AvgIpc) is 2.41. The fourth-order valence-corrected chi connectivity index (χ4v) is 1.28. The summed E-state index contributed by atoms with van der Waals surface area (Å²) >= 11 is 0. The van der Waals surface area contributed by atoms with E-state index in [0.29, 0.717) is 17.6 Å². The second-order valence-corrected chi connectivity index (χ2v) is 2.91. The first-order valence-corrected chi connectivity index (χ1v) is 4.06. The van der Waals surface area contributed by atoms with E-state index in [9.17, 15) is 14.0 Å². The Morgan fingerprint density at radius 1 is 1.64 bits per heavy atom. The Balaban J connectivity index is 3.16. The maximum atomic E-state index is 12.6. The number of rotatable bonds is 3. The van der Waals surface area contributed by atoms with Gasteiger partial charge in [-0.05, 0) is 24.6 Å². The summed E-state index contributed by atoms with van der Waals surface area (Å²) in [5, 5.41) is 2.44. The van der Waals surface area contributed by atoms with E-state index in [1.54, 1.807) is 0 Å². The topological polar surface area (TPSA) is 46.2 Å². The quantitative estimate of drug-likeness (QED) is 0.544. The molecule has 1 rings (SSSR count). The lowest BCUT2D eigenvalue weighted by atomic mass is 10.0. The first kappa shape index (κ1) is 10.4. The molecule has 0 fully saturated rings. The second-order valence-electron chi connectivity index (χ2n) is 2.91. The number of carbonyl (C=O) groups is 2. The van der Waals surface area contributed by atoms with Gasteiger partial charge in [-0.3, -0.25) is 4.79 Å². The summed E-state index contributed by atoms with van der Waals surface area (Å²) in [5.41, 5.74) is 0.726. The van der Waals surface area contributed by atoms with Gasteiger partial charge in [0.05, 0.1) is 5.83 Å². The van der Waals surface area contributed by atoms with Crippen LogP contribution in [0.5, 0.6) is 0 Å². The number of hydrogen-bond donors (Lipinski definition) is 1. The molecule has 1 aliphatic rings. The van der Waals surface area contributed by atoms with Gasteiger partial charge in [-0.25, -0.2) is 4.39 Å². The van der Waals surface area contributed by atoms with Crippen molar-refractivity contribution >= 4 is 12.2 Å². The van der Waals surface area contributed by atoms with E-state index in [0.717, 1.165) is 6.08 Å². The van der Waals surface area contributed by atoms with Gasteiger partial charge in [0.25, 0.3) is 0 Å². The highest BCUT2D eigenvalue weighted by Crippen LogP contribution is 2.23. The second kappa shape index (κ2) is 4.00. The number of carbonyl (C=O) groups excluding carboxylic acids is 2. The Bertz CT molecular complexity index is 351. The van der Waals surface area contributed by atoms with Gasteiger partial charge in [0, 0.05) is 5.70 Å². The minimum atomic E-state index is -0.923. The fraction of sp³-hybridized carbons (Fsp3) is 0.200. The standard InChI is InChI=1S/C10H10FNO2/c1-3-9-7(4-6(2)11)8(5-13)10(14)12-9/h3-5,8H,1H2,2H3,(H,12,14)/b6-4+. The monoisotopic (exact) mass is 195 g/mol. The molecule has 1 unspecified atom stereocenters. The maximum absolute atomic E-state index is 12.6. The predicted molar refractivity (Wildman–Crippen MR) is 49.8 cm³/mol. The number of aldehydes is 1. The molecule has 0 aromatic heterocycles. The van der Waals surface area contributed by atoms with Gasteiger partial charge in [-0.1, -0.05) is 6.58 Å². The third-order valence-corrected chi connectivity index (χ3v) is 1.88. The van der Waals surface area contributed by atoms with E-state index in [2.05, 4.69) is 11.9 Å². The highest BCUT2D eigenvalue weighted by Gasteiger charge is 2.30. The largest absolute Gasteiger partial charge is 0.325 e. The molecule has 1 atom stereocenters. The molecule has 0 aromatic rings. The summed E-state index contributed by atoms with van der Waals surface area (Å²) in [4.78, 5) is 21.8. The summed E-state index contributed by atoms with van der Waals surface area (Å²) in [7, 11) is 0. The van der Waals surface area contributed by atoms with Crippen LogP contribution < -0.4 is 5.32 Å². The van der Waals surface area contributed by atoms with Crippen LogP contribution in [0, 0.1) is 5.92 Å². The molecule has 1 aliphatic heterocycles. The van der Waals surface area contributed by atoms with Crippen LogP contribution in [0.15, 0.2) is 35.8 Å². The van der Waals surface area contributed by atoms with E-state index in [4.69, 9.17) is 0 Å². The van der Waals surface area contributed by atoms with Crippen LogP contribution in [0.2, 0.25) is 0 Å². The highest BCUT2D eigenvalue weighted by atomic mass is 19.1. The number of halogens is 1. The minimum absolute atomic E-state index is 0.333. The van der Waals surface area contributed by atoms with Crippen molar-refractivity contribution in [1.29, 1.82) is 0 Å². The van der Waals surface area contributed by atoms with Gasteiger partial charge < -0.3 is 10.1 Å². The van der Waals surface area contributed by atoms with Crippen LogP contribution in [-0.4, -0.2) is 12.2 Å². The molecule has 1 amide bonds. The van der Waals surface area contributed by atoms with Crippen LogP contribution in [0.4, 0.5) is 4.39 Å². The average molecular weight is 195 g/mol. The van der Waals surface area contributed by atoms with E-state index in [1.165, 1.54) is 13.0 Å². The molecule has 0 radical (unpaired) electrons. The van der Waals surface area contributed by atoms with Gasteiger partial charge in [0.2, 0.25) is 5.91 Å². The van der Waals surface area contributed by atoms with Crippen LogP contribution in [-0.2, 0) is 9.59 Å². The van der Waals surface area contributed by atoms with Crippen molar-refractivity contribution in [1.82, 2.24) is 5.32 Å². The van der Waals surface area contributed by atoms with E-state index in [1.807, 2.05) is 0 Å². The lowest BCUT2D eigenvalue weighted by Gasteiger charge is -1.99. The maximum Gasteiger partial charge on any atom is 0.239 e. The Labute approximate surface area is 81.0 Å². The molecule has 74 valence electrons. The summed E-state index contributed by atoms with van der Waals surface area (Å²) in [6.45, 7) is 4.71. The number of hydrogen-bond acceptors (Lipinski definition) is 2. The fourth-order valence-electron chi connectivity index (χ4n) is 1.28. The SMILES string of the molecule is C=CC1=C(/C=C(\C)F)C(C=O)C(=O)N1. The minimum Gasteiger partial charge on any atom is -0.325 e. The first-order chi connectivity index (χ1) is 6.60. The highest BCUT2D eigenvalue weighted by molar-refractivity contribution is 6.00. The van der Waals surface area contributed by atoms with Crippen molar-refractivity contribution in [3.63, 3.8) is 0 Å². The number of allylic oxidation sites excluding steroid dienone is 3. The summed E-state index contributed by atoms with van der Waals surface area (Å²) < 4.78 is 12.6. The molecule has 4 heteroatoms. The number of nitrogens with one attached hydrogen (secondary N) is 1. The number of amides is 1. The van der Waals surface area contributed by atoms with Crippen molar-refractivity contribution < 1.29 is 14.0 Å². The van der Waals surface area contributed by atoms with Gasteiger partial charge in [0.1, 0.15) is 12.2 Å². The third-order valence-electron chi connectivity index (χ3n) is 1.88. The molecule has 0 saturated heterocycles. The van der Waals surface area contributed by atoms with Crippen molar-refractivity contribution in [2.45, 2.75) is 6.92 Å². The Morgan fingerprint density at radius 2 is 2.29 bits per heavy atom. The molecule has 0 aromatic carbocycles. The normalized spacial score (nSPS) is 22.3. The smallest absolute Gasteiger partial charge is 0.239 e. The molecular weight excluding hydrogens is 185 g/mol. The Morgan fingerprint density at radius 3 is 2.71 bits per heavy atom. The molecule has 0 spiro atoms. The van der Waals surface area contributed by atoms with Crippen molar-refractivity contribution in [2.75, 3.05) is 0 Å². The lowest BCUT2D eigenvalue weighted by Crippen LogP contribution is -2.22. The van der Waals surface area contributed by atoms with E-state index < -0.39 is 17.7 Å².